The van der Waals surface area contributed by atoms with Crippen LogP contribution in [0.25, 0.3) is 22.4 Å². The summed E-state index contributed by atoms with van der Waals surface area (Å²) in [7, 11) is 1.68. The summed E-state index contributed by atoms with van der Waals surface area (Å²) in [5, 5.41) is 6.22. The molecule has 6 nitrogen and oxygen atoms in total. The molecule has 0 spiro atoms. The first kappa shape index (κ1) is 19.3. The normalized spacial score (nSPS) is 11.4. The molecular weight excluding hydrogens is 419 g/mol. The van der Waals surface area contributed by atoms with Gasteiger partial charge in [-0.05, 0) is 42.5 Å². The fraction of sp³-hybridized carbons (Fsp3) is 0.211. The van der Waals surface area contributed by atoms with Gasteiger partial charge in [-0.2, -0.15) is 4.98 Å². The van der Waals surface area contributed by atoms with E-state index in [-0.39, 0.29) is 0 Å². The van der Waals surface area contributed by atoms with E-state index in [0.29, 0.717) is 40.7 Å². The van der Waals surface area contributed by atoms with E-state index in [9.17, 15) is 0 Å². The summed E-state index contributed by atoms with van der Waals surface area (Å²) < 4.78 is 12.7. The Hall–Kier alpha value is -2.06. The molecule has 28 heavy (non-hydrogen) atoms. The van der Waals surface area contributed by atoms with Gasteiger partial charge in [-0.1, -0.05) is 40.1 Å². The lowest BCUT2D eigenvalue weighted by Crippen LogP contribution is -2.05. The molecule has 0 radical (unpaired) electrons. The van der Waals surface area contributed by atoms with Gasteiger partial charge < -0.3 is 13.8 Å². The summed E-state index contributed by atoms with van der Waals surface area (Å²) in [4.78, 5) is 9.16. The number of nitrogens with zero attached hydrogens (tertiary/aromatic N) is 4. The summed E-state index contributed by atoms with van der Waals surface area (Å²) >= 11 is 13.6. The predicted molar refractivity (Wildman–Crippen MR) is 111 cm³/mol. The van der Waals surface area contributed by atoms with Crippen LogP contribution in [0.1, 0.15) is 5.89 Å². The second kappa shape index (κ2) is 8.53. The standard InChI is InChI=1S/C19H16Cl2N4O2S/c1-26-9-8-25-16-7-6-14(21)10-15(16)22-19(25)28-11-17-23-18(24-27-17)12-2-4-13(20)5-3-12/h2-7,10H,8-9,11H2,1H3. The summed E-state index contributed by atoms with van der Waals surface area (Å²) in [5.41, 5.74) is 2.71. The zero-order valence-corrected chi connectivity index (χ0v) is 17.3. The van der Waals surface area contributed by atoms with Gasteiger partial charge in [0.1, 0.15) is 0 Å². The van der Waals surface area contributed by atoms with Crippen molar-refractivity contribution in [3.05, 3.63) is 58.4 Å². The lowest BCUT2D eigenvalue weighted by molar-refractivity contribution is 0.186. The first-order valence-corrected chi connectivity index (χ1v) is 10.2. The molecule has 2 heterocycles. The third kappa shape index (κ3) is 4.17. The molecule has 0 N–H and O–H groups in total. The highest BCUT2D eigenvalue weighted by Gasteiger charge is 2.14. The molecule has 0 aliphatic rings. The molecule has 0 amide bonds. The van der Waals surface area contributed by atoms with E-state index in [2.05, 4.69) is 14.7 Å². The number of benzene rings is 2. The van der Waals surface area contributed by atoms with Crippen LogP contribution in [-0.4, -0.2) is 33.4 Å². The monoisotopic (exact) mass is 434 g/mol. The second-order valence-corrected chi connectivity index (χ2v) is 7.79. The number of thioether (sulfide) groups is 1. The zero-order chi connectivity index (χ0) is 19.5. The summed E-state index contributed by atoms with van der Waals surface area (Å²) in [6.45, 7) is 1.28. The lowest BCUT2D eigenvalue weighted by Gasteiger charge is -2.07. The molecule has 9 heteroatoms. The molecule has 2 aromatic carbocycles. The Labute approximate surface area is 175 Å². The maximum atomic E-state index is 6.11. The number of rotatable bonds is 7. The van der Waals surface area contributed by atoms with Crippen LogP contribution in [0.5, 0.6) is 0 Å². The predicted octanol–water partition coefficient (Wildman–Crippen LogP) is 5.33. The molecule has 4 rings (SSSR count). The molecule has 0 bridgehead atoms. The van der Waals surface area contributed by atoms with E-state index >= 15 is 0 Å². The molecule has 0 fully saturated rings. The van der Waals surface area contributed by atoms with Gasteiger partial charge in [0.05, 0.1) is 23.4 Å². The van der Waals surface area contributed by atoms with Crippen LogP contribution in [0.4, 0.5) is 0 Å². The minimum absolute atomic E-state index is 0.505. The van der Waals surface area contributed by atoms with Gasteiger partial charge in [-0.25, -0.2) is 4.98 Å². The lowest BCUT2D eigenvalue weighted by atomic mass is 10.2. The summed E-state index contributed by atoms with van der Waals surface area (Å²) in [6.07, 6.45) is 0. The van der Waals surface area contributed by atoms with E-state index in [1.807, 2.05) is 30.3 Å². The fourth-order valence-corrected chi connectivity index (χ4v) is 3.92. The van der Waals surface area contributed by atoms with E-state index in [4.69, 9.17) is 37.4 Å². The number of hydrogen-bond donors (Lipinski definition) is 0. The van der Waals surface area contributed by atoms with Crippen LogP contribution in [0.2, 0.25) is 10.0 Å². The molecule has 0 aliphatic carbocycles. The summed E-state index contributed by atoms with van der Waals surface area (Å²) in [6, 6.07) is 13.0. The van der Waals surface area contributed by atoms with E-state index in [1.54, 1.807) is 19.2 Å². The Morgan fingerprint density at radius 1 is 1.07 bits per heavy atom. The van der Waals surface area contributed by atoms with E-state index in [0.717, 1.165) is 21.8 Å². The van der Waals surface area contributed by atoms with Crippen molar-refractivity contribution in [1.29, 1.82) is 0 Å². The van der Waals surface area contributed by atoms with Crippen LogP contribution in [0.3, 0.4) is 0 Å². The minimum Gasteiger partial charge on any atom is -0.383 e. The van der Waals surface area contributed by atoms with E-state index in [1.165, 1.54) is 11.8 Å². The Bertz CT molecular complexity index is 1100. The summed E-state index contributed by atoms with van der Waals surface area (Å²) in [5.74, 6) is 1.57. The third-order valence-corrected chi connectivity index (χ3v) is 5.54. The van der Waals surface area contributed by atoms with Crippen LogP contribution in [0, 0.1) is 0 Å². The topological polar surface area (TPSA) is 66.0 Å². The molecule has 0 atom stereocenters. The van der Waals surface area contributed by atoms with Gasteiger partial charge in [-0.15, -0.1) is 0 Å². The Kier molecular flexibility index (Phi) is 5.87. The largest absolute Gasteiger partial charge is 0.383 e. The quantitative estimate of drug-likeness (QED) is 0.366. The van der Waals surface area contributed by atoms with Crippen LogP contribution in [-0.2, 0) is 17.0 Å². The second-order valence-electron chi connectivity index (χ2n) is 5.98. The van der Waals surface area contributed by atoms with Crippen molar-refractivity contribution in [2.75, 3.05) is 13.7 Å². The molecular formula is C19H16Cl2N4O2S. The Balaban J connectivity index is 1.54. The van der Waals surface area contributed by atoms with Crippen molar-refractivity contribution in [3.8, 4) is 11.4 Å². The molecule has 144 valence electrons. The van der Waals surface area contributed by atoms with Crippen molar-refractivity contribution in [3.63, 3.8) is 0 Å². The average Bonchev–Trinajstić information content (AvgIpc) is 3.29. The molecule has 0 saturated carbocycles. The third-order valence-electron chi connectivity index (χ3n) is 4.09. The van der Waals surface area contributed by atoms with Gasteiger partial charge in [0.2, 0.25) is 11.7 Å². The molecule has 0 saturated heterocycles. The zero-order valence-electron chi connectivity index (χ0n) is 14.9. The van der Waals surface area contributed by atoms with E-state index < -0.39 is 0 Å². The average molecular weight is 435 g/mol. The van der Waals surface area contributed by atoms with Crippen LogP contribution < -0.4 is 0 Å². The van der Waals surface area contributed by atoms with Gasteiger partial charge in [-0.3, -0.25) is 0 Å². The number of aromatic nitrogens is 4. The first-order chi connectivity index (χ1) is 13.6. The highest BCUT2D eigenvalue weighted by molar-refractivity contribution is 7.98. The minimum atomic E-state index is 0.505. The van der Waals surface area contributed by atoms with Crippen molar-refractivity contribution in [1.82, 2.24) is 19.7 Å². The number of fused-ring (bicyclic) bond motifs is 1. The smallest absolute Gasteiger partial charge is 0.237 e. The van der Waals surface area contributed by atoms with Crippen LogP contribution in [0.15, 0.2) is 52.1 Å². The molecule has 0 aliphatic heterocycles. The van der Waals surface area contributed by atoms with Crippen molar-refractivity contribution in [2.45, 2.75) is 17.5 Å². The maximum Gasteiger partial charge on any atom is 0.237 e. The fourth-order valence-electron chi connectivity index (χ4n) is 2.75. The number of hydrogen-bond acceptors (Lipinski definition) is 6. The van der Waals surface area contributed by atoms with Crippen molar-refractivity contribution >= 4 is 46.0 Å². The number of methoxy groups -OCH3 is 1. The van der Waals surface area contributed by atoms with Gasteiger partial charge >= 0.3 is 0 Å². The molecule has 2 aromatic heterocycles. The Morgan fingerprint density at radius 3 is 2.64 bits per heavy atom. The molecule has 0 unspecified atom stereocenters. The number of imidazole rings is 1. The van der Waals surface area contributed by atoms with Gasteiger partial charge in [0.25, 0.3) is 0 Å². The highest BCUT2D eigenvalue weighted by Crippen LogP contribution is 2.28. The number of ether oxygens (including phenoxy) is 1. The van der Waals surface area contributed by atoms with Crippen molar-refractivity contribution < 1.29 is 9.26 Å². The maximum absolute atomic E-state index is 6.11. The highest BCUT2D eigenvalue weighted by atomic mass is 35.5. The van der Waals surface area contributed by atoms with Gasteiger partial charge in [0, 0.05) is 29.3 Å². The van der Waals surface area contributed by atoms with Crippen LogP contribution >= 0.6 is 35.0 Å². The van der Waals surface area contributed by atoms with Crippen molar-refractivity contribution in [2.24, 2.45) is 0 Å². The Morgan fingerprint density at radius 2 is 1.86 bits per heavy atom. The SMILES string of the molecule is COCCn1c(SCc2nc(-c3ccc(Cl)cc3)no2)nc2cc(Cl)ccc21. The molecule has 4 aromatic rings. The first-order valence-electron chi connectivity index (χ1n) is 8.50. The number of halogens is 2. The van der Waals surface area contributed by atoms with Gasteiger partial charge in [0.15, 0.2) is 5.16 Å².